The van der Waals surface area contributed by atoms with Crippen LogP contribution >= 0.6 is 0 Å². The Morgan fingerprint density at radius 2 is 1.93 bits per heavy atom. The number of hydrogen-bond acceptors (Lipinski definition) is 3. The second kappa shape index (κ2) is 8.32. The van der Waals surface area contributed by atoms with E-state index in [9.17, 15) is 4.79 Å². The maximum Gasteiger partial charge on any atom is 0.223 e. The van der Waals surface area contributed by atoms with E-state index in [1.165, 1.54) is 36.8 Å². The molecule has 2 heterocycles. The van der Waals surface area contributed by atoms with Gasteiger partial charge >= 0.3 is 0 Å². The van der Waals surface area contributed by atoms with Gasteiger partial charge in [0, 0.05) is 45.6 Å². The summed E-state index contributed by atoms with van der Waals surface area (Å²) in [5.41, 5.74) is 2.68. The summed E-state index contributed by atoms with van der Waals surface area (Å²) in [5.74, 6) is 2.16. The lowest BCUT2D eigenvalue weighted by Gasteiger charge is -2.31. The van der Waals surface area contributed by atoms with Crippen molar-refractivity contribution in [2.45, 2.75) is 45.1 Å². The molecule has 2 saturated heterocycles. The van der Waals surface area contributed by atoms with Gasteiger partial charge in [0.15, 0.2) is 0 Å². The first-order valence-electron chi connectivity index (χ1n) is 10.7. The number of ether oxygens (including phenoxy) is 1. The third-order valence-electron chi connectivity index (χ3n) is 7.12. The Bertz CT molecular complexity index is 656. The van der Waals surface area contributed by atoms with Gasteiger partial charge in [0.25, 0.3) is 0 Å². The molecule has 3 aliphatic rings. The molecule has 1 aromatic carbocycles. The van der Waals surface area contributed by atoms with Crippen LogP contribution in [0.3, 0.4) is 0 Å². The van der Waals surface area contributed by atoms with Crippen molar-refractivity contribution < 1.29 is 9.53 Å². The fraction of sp³-hybridized carbons (Fsp3) is 0.696. The van der Waals surface area contributed by atoms with Crippen molar-refractivity contribution in [3.05, 3.63) is 35.4 Å². The second-order valence-corrected chi connectivity index (χ2v) is 8.88. The first kappa shape index (κ1) is 18.9. The third kappa shape index (κ3) is 3.93. The van der Waals surface area contributed by atoms with Gasteiger partial charge < -0.3 is 14.5 Å². The van der Waals surface area contributed by atoms with E-state index in [2.05, 4.69) is 41.0 Å². The van der Waals surface area contributed by atoms with Crippen molar-refractivity contribution in [1.82, 2.24) is 9.80 Å². The Morgan fingerprint density at radius 3 is 2.67 bits per heavy atom. The Kier molecular flexibility index (Phi) is 5.84. The molecular weight excluding hydrogens is 336 g/mol. The molecule has 1 aliphatic carbocycles. The lowest BCUT2D eigenvalue weighted by molar-refractivity contribution is -0.133. The summed E-state index contributed by atoms with van der Waals surface area (Å²) in [7, 11) is 1.77. The second-order valence-electron chi connectivity index (χ2n) is 8.88. The maximum absolute atomic E-state index is 13.3. The average molecular weight is 371 g/mol. The Balaban J connectivity index is 1.54. The van der Waals surface area contributed by atoms with E-state index in [-0.39, 0.29) is 6.04 Å². The number of rotatable bonds is 6. The molecule has 0 N–H and O–H groups in total. The standard InChI is InChI=1S/C23H34N2O2/c1-17-7-3-6-10-20(17)23-21-16-24(11-12-27-2)14-19(21)15-25(23)22(26)13-18-8-4-5-9-18/h3,6-7,10,18-19,21,23H,4-5,8-9,11-16H2,1-2H3/t19-,21-,23+/m0/s1. The molecule has 4 nitrogen and oxygen atoms in total. The quantitative estimate of drug-likeness (QED) is 0.766. The highest BCUT2D eigenvalue weighted by Crippen LogP contribution is 2.46. The van der Waals surface area contributed by atoms with Gasteiger partial charge in [-0.2, -0.15) is 0 Å². The highest BCUT2D eigenvalue weighted by atomic mass is 16.5. The van der Waals surface area contributed by atoms with Gasteiger partial charge in [-0.3, -0.25) is 4.79 Å². The molecule has 0 bridgehead atoms. The smallest absolute Gasteiger partial charge is 0.223 e. The van der Waals surface area contributed by atoms with E-state index in [0.717, 1.165) is 39.2 Å². The fourth-order valence-electron chi connectivity index (χ4n) is 5.69. The van der Waals surface area contributed by atoms with Crippen LogP contribution in [-0.4, -0.2) is 55.6 Å². The Labute approximate surface area is 163 Å². The van der Waals surface area contributed by atoms with Gasteiger partial charge in [0.1, 0.15) is 0 Å². The molecule has 0 radical (unpaired) electrons. The van der Waals surface area contributed by atoms with Crippen LogP contribution in [-0.2, 0) is 9.53 Å². The van der Waals surface area contributed by atoms with Crippen LogP contribution in [0.2, 0.25) is 0 Å². The number of aryl methyl sites for hydroxylation is 1. The molecule has 3 fully saturated rings. The number of nitrogens with zero attached hydrogens (tertiary/aromatic N) is 2. The van der Waals surface area contributed by atoms with Crippen molar-refractivity contribution in [1.29, 1.82) is 0 Å². The van der Waals surface area contributed by atoms with Crippen molar-refractivity contribution >= 4 is 5.91 Å². The van der Waals surface area contributed by atoms with Crippen LogP contribution < -0.4 is 0 Å². The summed E-state index contributed by atoms with van der Waals surface area (Å²) in [6.07, 6.45) is 5.85. The van der Waals surface area contributed by atoms with Gasteiger partial charge in [-0.05, 0) is 42.7 Å². The zero-order chi connectivity index (χ0) is 18.8. The molecule has 0 aromatic heterocycles. The fourth-order valence-corrected chi connectivity index (χ4v) is 5.69. The molecule has 3 atom stereocenters. The van der Waals surface area contributed by atoms with E-state index in [4.69, 9.17) is 4.74 Å². The summed E-state index contributed by atoms with van der Waals surface area (Å²) in [6.45, 7) is 7.10. The molecular formula is C23H34N2O2. The number of carbonyl (C=O) groups is 1. The third-order valence-corrected chi connectivity index (χ3v) is 7.12. The van der Waals surface area contributed by atoms with Gasteiger partial charge in [0.05, 0.1) is 12.6 Å². The number of benzene rings is 1. The first-order chi connectivity index (χ1) is 13.2. The zero-order valence-electron chi connectivity index (χ0n) is 16.9. The van der Waals surface area contributed by atoms with Gasteiger partial charge in [-0.25, -0.2) is 0 Å². The van der Waals surface area contributed by atoms with Crippen molar-refractivity contribution in [3.63, 3.8) is 0 Å². The van der Waals surface area contributed by atoms with Crippen LogP contribution in [0.5, 0.6) is 0 Å². The molecule has 1 saturated carbocycles. The SMILES string of the molecule is COCCN1C[C@H]2CN(C(=O)CC3CCCC3)[C@H](c3ccccc3C)[C@H]2C1. The molecule has 2 aliphatic heterocycles. The van der Waals surface area contributed by atoms with Gasteiger partial charge in [0.2, 0.25) is 5.91 Å². The minimum absolute atomic E-state index is 0.248. The Morgan fingerprint density at radius 1 is 1.15 bits per heavy atom. The number of carbonyl (C=O) groups excluding carboxylic acids is 1. The van der Waals surface area contributed by atoms with Crippen LogP contribution in [0.25, 0.3) is 0 Å². The van der Waals surface area contributed by atoms with E-state index >= 15 is 0 Å². The molecule has 27 heavy (non-hydrogen) atoms. The average Bonchev–Trinajstić information content (AvgIpc) is 3.36. The van der Waals surface area contributed by atoms with Crippen LogP contribution in [0.4, 0.5) is 0 Å². The highest BCUT2D eigenvalue weighted by Gasteiger charge is 2.49. The minimum Gasteiger partial charge on any atom is -0.383 e. The lowest BCUT2D eigenvalue weighted by atomic mass is 9.87. The first-order valence-corrected chi connectivity index (χ1v) is 10.7. The minimum atomic E-state index is 0.248. The number of amides is 1. The lowest BCUT2D eigenvalue weighted by Crippen LogP contribution is -2.37. The molecule has 148 valence electrons. The van der Waals surface area contributed by atoms with Crippen molar-refractivity contribution in [3.8, 4) is 0 Å². The molecule has 1 aromatic rings. The van der Waals surface area contributed by atoms with Crippen molar-refractivity contribution in [2.24, 2.45) is 17.8 Å². The molecule has 1 amide bonds. The predicted octanol–water partition coefficient (Wildman–Crippen LogP) is 3.65. The number of hydrogen-bond donors (Lipinski definition) is 0. The molecule has 4 rings (SSSR count). The Hall–Kier alpha value is -1.39. The van der Waals surface area contributed by atoms with Crippen molar-refractivity contribution in [2.75, 3.05) is 39.9 Å². The molecule has 4 heteroatoms. The van der Waals surface area contributed by atoms with Crippen LogP contribution in [0.1, 0.15) is 49.3 Å². The molecule has 0 spiro atoms. The van der Waals surface area contributed by atoms with E-state index in [1.54, 1.807) is 7.11 Å². The summed E-state index contributed by atoms with van der Waals surface area (Å²) in [4.78, 5) is 18.1. The summed E-state index contributed by atoms with van der Waals surface area (Å²) >= 11 is 0. The van der Waals surface area contributed by atoms with Gasteiger partial charge in [-0.15, -0.1) is 0 Å². The number of likely N-dealkylation sites (tertiary alicyclic amines) is 2. The van der Waals surface area contributed by atoms with Crippen LogP contribution in [0, 0.1) is 24.7 Å². The van der Waals surface area contributed by atoms with E-state index in [0.29, 0.717) is 23.7 Å². The topological polar surface area (TPSA) is 32.8 Å². The normalized spacial score (nSPS) is 28.8. The largest absolute Gasteiger partial charge is 0.383 e. The summed E-state index contributed by atoms with van der Waals surface area (Å²) in [5, 5.41) is 0. The number of fused-ring (bicyclic) bond motifs is 1. The predicted molar refractivity (Wildman–Crippen MR) is 108 cm³/mol. The summed E-state index contributed by atoms with van der Waals surface area (Å²) in [6, 6.07) is 8.93. The summed E-state index contributed by atoms with van der Waals surface area (Å²) < 4.78 is 5.28. The van der Waals surface area contributed by atoms with E-state index < -0.39 is 0 Å². The molecule has 0 unspecified atom stereocenters. The zero-order valence-corrected chi connectivity index (χ0v) is 16.9. The number of methoxy groups -OCH3 is 1. The van der Waals surface area contributed by atoms with Gasteiger partial charge in [-0.1, -0.05) is 37.1 Å². The monoisotopic (exact) mass is 370 g/mol. The van der Waals surface area contributed by atoms with E-state index in [1.807, 2.05) is 0 Å². The maximum atomic E-state index is 13.3. The highest BCUT2D eigenvalue weighted by molar-refractivity contribution is 5.77. The van der Waals surface area contributed by atoms with Crippen LogP contribution in [0.15, 0.2) is 24.3 Å².